The Kier molecular flexibility index (Phi) is 9.93. The first-order chi connectivity index (χ1) is 14.7. The molecule has 2 fully saturated rings. The zero-order valence-electron chi connectivity index (χ0n) is 19.0. The minimum Gasteiger partial charge on any atom is -0.379 e. The van der Waals surface area contributed by atoms with Gasteiger partial charge in [0, 0.05) is 32.7 Å². The normalized spacial score (nSPS) is 19.7. The number of nitrogens with zero attached hydrogens (tertiary/aromatic N) is 3. The highest BCUT2D eigenvalue weighted by Crippen LogP contribution is 2.15. The Morgan fingerprint density at radius 1 is 1.00 bits per heavy atom. The molecule has 2 aliphatic rings. The molecule has 0 spiro atoms. The van der Waals surface area contributed by atoms with Gasteiger partial charge < -0.3 is 20.3 Å². The highest BCUT2D eigenvalue weighted by molar-refractivity contribution is 5.79. The summed E-state index contributed by atoms with van der Waals surface area (Å²) >= 11 is 0. The van der Waals surface area contributed by atoms with Crippen LogP contribution in [0.3, 0.4) is 0 Å². The monoisotopic (exact) mass is 415 g/mol. The second-order valence-electron chi connectivity index (χ2n) is 8.70. The molecule has 6 nitrogen and oxygen atoms in total. The van der Waals surface area contributed by atoms with Crippen molar-refractivity contribution in [1.29, 1.82) is 0 Å². The number of rotatable bonds is 9. The maximum Gasteiger partial charge on any atom is 0.191 e. The molecule has 1 aromatic rings. The minimum atomic E-state index is 0.706. The molecule has 168 valence electrons. The summed E-state index contributed by atoms with van der Waals surface area (Å²) in [5.41, 5.74) is 2.61. The fraction of sp³-hybridized carbons (Fsp3) is 0.708. The lowest BCUT2D eigenvalue weighted by molar-refractivity contribution is 0.0342. The summed E-state index contributed by atoms with van der Waals surface area (Å²) in [7, 11) is 0. The molecule has 0 unspecified atom stereocenters. The Morgan fingerprint density at radius 2 is 1.70 bits per heavy atom. The van der Waals surface area contributed by atoms with Gasteiger partial charge in [-0.3, -0.25) is 4.90 Å². The molecule has 0 saturated carbocycles. The Hall–Kier alpha value is -1.63. The lowest BCUT2D eigenvalue weighted by Gasteiger charge is -2.30. The highest BCUT2D eigenvalue weighted by atomic mass is 16.5. The summed E-state index contributed by atoms with van der Waals surface area (Å²) in [5.74, 6) is 1.82. The molecule has 1 aromatic carbocycles. The van der Waals surface area contributed by atoms with E-state index in [9.17, 15) is 0 Å². The first-order valence-electron chi connectivity index (χ1n) is 11.9. The van der Waals surface area contributed by atoms with Crippen molar-refractivity contribution in [3.05, 3.63) is 35.4 Å². The molecule has 0 radical (unpaired) electrons. The van der Waals surface area contributed by atoms with Crippen LogP contribution >= 0.6 is 0 Å². The van der Waals surface area contributed by atoms with Crippen molar-refractivity contribution in [3.8, 4) is 0 Å². The Bertz CT molecular complexity index is 619. The number of hydrogen-bond donors (Lipinski definition) is 2. The molecule has 6 heteroatoms. The number of ether oxygens (including phenoxy) is 1. The van der Waals surface area contributed by atoms with E-state index in [2.05, 4.69) is 58.5 Å². The molecular weight excluding hydrogens is 374 g/mol. The van der Waals surface area contributed by atoms with Gasteiger partial charge in [0.15, 0.2) is 5.96 Å². The molecule has 0 atom stereocenters. The smallest absolute Gasteiger partial charge is 0.191 e. The van der Waals surface area contributed by atoms with Gasteiger partial charge >= 0.3 is 0 Å². The first-order valence-corrected chi connectivity index (χ1v) is 11.9. The summed E-state index contributed by atoms with van der Waals surface area (Å²) in [6.07, 6.45) is 3.86. The minimum absolute atomic E-state index is 0.706. The van der Waals surface area contributed by atoms with Gasteiger partial charge in [0.2, 0.25) is 0 Å². The maximum absolute atomic E-state index is 5.43. The number of guanidine groups is 1. The van der Waals surface area contributed by atoms with E-state index in [0.29, 0.717) is 6.54 Å². The molecule has 0 aliphatic carbocycles. The van der Waals surface area contributed by atoms with Crippen LogP contribution in [0.5, 0.6) is 0 Å². The second-order valence-corrected chi connectivity index (χ2v) is 8.70. The number of likely N-dealkylation sites (tertiary alicyclic amines) is 1. The van der Waals surface area contributed by atoms with Crippen molar-refractivity contribution in [2.24, 2.45) is 10.9 Å². The summed E-state index contributed by atoms with van der Waals surface area (Å²) < 4.78 is 5.43. The van der Waals surface area contributed by atoms with E-state index in [1.807, 2.05) is 0 Å². The molecule has 2 aliphatic heterocycles. The topological polar surface area (TPSA) is 52.1 Å². The van der Waals surface area contributed by atoms with Crippen molar-refractivity contribution in [3.63, 3.8) is 0 Å². The van der Waals surface area contributed by atoms with Crippen LogP contribution in [0.25, 0.3) is 0 Å². The van der Waals surface area contributed by atoms with E-state index >= 15 is 0 Å². The predicted octanol–water partition coefficient (Wildman–Crippen LogP) is 2.70. The number of hydrogen-bond acceptors (Lipinski definition) is 4. The number of aliphatic imine (C=N–C) groups is 1. The molecule has 0 aromatic heterocycles. The van der Waals surface area contributed by atoms with E-state index in [-0.39, 0.29) is 0 Å². The SMILES string of the molecule is CCNC(=NCc1ccc(CN2CCOCC2)cc1)NCCCN1CCC(C)CC1. The van der Waals surface area contributed by atoms with Gasteiger partial charge in [0.1, 0.15) is 0 Å². The average molecular weight is 416 g/mol. The summed E-state index contributed by atoms with van der Waals surface area (Å²) in [6, 6.07) is 8.89. The van der Waals surface area contributed by atoms with Gasteiger partial charge in [-0.2, -0.15) is 0 Å². The highest BCUT2D eigenvalue weighted by Gasteiger charge is 2.14. The van der Waals surface area contributed by atoms with Crippen molar-refractivity contribution in [2.45, 2.75) is 46.2 Å². The first kappa shape index (κ1) is 23.0. The molecule has 0 amide bonds. The summed E-state index contributed by atoms with van der Waals surface area (Å²) in [6.45, 7) is 15.5. The number of morpholine rings is 1. The van der Waals surface area contributed by atoms with Gasteiger partial charge in [-0.05, 0) is 62.9 Å². The fourth-order valence-corrected chi connectivity index (χ4v) is 4.07. The molecule has 30 heavy (non-hydrogen) atoms. The lowest BCUT2D eigenvalue weighted by Crippen LogP contribution is -2.39. The number of benzene rings is 1. The Balaban J connectivity index is 1.38. The Morgan fingerprint density at radius 3 is 2.40 bits per heavy atom. The molecule has 2 heterocycles. The van der Waals surface area contributed by atoms with Gasteiger partial charge in [-0.15, -0.1) is 0 Å². The summed E-state index contributed by atoms with van der Waals surface area (Å²) in [5, 5.41) is 6.87. The Labute approximate surface area is 183 Å². The summed E-state index contributed by atoms with van der Waals surface area (Å²) in [4.78, 5) is 9.83. The largest absolute Gasteiger partial charge is 0.379 e. The van der Waals surface area contributed by atoms with E-state index in [1.54, 1.807) is 0 Å². The van der Waals surface area contributed by atoms with Crippen LogP contribution < -0.4 is 10.6 Å². The second kappa shape index (κ2) is 12.9. The van der Waals surface area contributed by atoms with Crippen molar-refractivity contribution in [1.82, 2.24) is 20.4 Å². The van der Waals surface area contributed by atoms with Crippen LogP contribution in [-0.2, 0) is 17.8 Å². The van der Waals surface area contributed by atoms with E-state index < -0.39 is 0 Å². The van der Waals surface area contributed by atoms with Crippen LogP contribution in [0.15, 0.2) is 29.3 Å². The quantitative estimate of drug-likeness (QED) is 0.369. The third kappa shape index (κ3) is 8.25. The van der Waals surface area contributed by atoms with Crippen LogP contribution in [0.1, 0.15) is 44.2 Å². The van der Waals surface area contributed by atoms with Gasteiger partial charge in [0.25, 0.3) is 0 Å². The third-order valence-electron chi connectivity index (χ3n) is 6.12. The molecule has 2 saturated heterocycles. The van der Waals surface area contributed by atoms with Crippen LogP contribution in [0.2, 0.25) is 0 Å². The zero-order valence-corrected chi connectivity index (χ0v) is 19.0. The average Bonchev–Trinajstić information content (AvgIpc) is 2.78. The zero-order chi connectivity index (χ0) is 21.0. The number of nitrogens with one attached hydrogen (secondary N) is 2. The third-order valence-corrected chi connectivity index (χ3v) is 6.12. The van der Waals surface area contributed by atoms with Gasteiger partial charge in [-0.25, -0.2) is 4.99 Å². The van der Waals surface area contributed by atoms with E-state index in [0.717, 1.165) is 64.2 Å². The van der Waals surface area contributed by atoms with Crippen LogP contribution in [-0.4, -0.2) is 74.8 Å². The maximum atomic E-state index is 5.43. The van der Waals surface area contributed by atoms with Crippen LogP contribution in [0.4, 0.5) is 0 Å². The van der Waals surface area contributed by atoms with Crippen molar-refractivity contribution >= 4 is 5.96 Å². The molecular formula is C24H41N5O. The van der Waals surface area contributed by atoms with Crippen molar-refractivity contribution in [2.75, 3.05) is 59.0 Å². The van der Waals surface area contributed by atoms with E-state index in [4.69, 9.17) is 9.73 Å². The molecule has 2 N–H and O–H groups in total. The standard InChI is InChI=1S/C24H41N5O/c1-3-25-24(26-11-4-12-28-13-9-21(2)10-14-28)27-19-22-5-7-23(8-6-22)20-29-15-17-30-18-16-29/h5-8,21H,3-4,9-20H2,1-2H3,(H2,25,26,27). The van der Waals surface area contributed by atoms with E-state index in [1.165, 1.54) is 43.6 Å². The number of piperidine rings is 1. The van der Waals surface area contributed by atoms with Crippen molar-refractivity contribution < 1.29 is 4.74 Å². The van der Waals surface area contributed by atoms with Gasteiger partial charge in [0.05, 0.1) is 19.8 Å². The predicted molar refractivity (Wildman–Crippen MR) is 125 cm³/mol. The van der Waals surface area contributed by atoms with Crippen LogP contribution in [0, 0.1) is 5.92 Å². The lowest BCUT2D eigenvalue weighted by atomic mass is 9.99. The molecule has 3 rings (SSSR count). The van der Waals surface area contributed by atoms with Gasteiger partial charge in [-0.1, -0.05) is 31.2 Å². The fourth-order valence-electron chi connectivity index (χ4n) is 4.07. The molecule has 0 bridgehead atoms.